The van der Waals surface area contributed by atoms with E-state index in [2.05, 4.69) is 18.7 Å². The molecule has 0 saturated carbocycles. The van der Waals surface area contributed by atoms with E-state index < -0.39 is 5.97 Å². The van der Waals surface area contributed by atoms with Crippen molar-refractivity contribution in [1.29, 1.82) is 0 Å². The van der Waals surface area contributed by atoms with Gasteiger partial charge in [-0.3, -0.25) is 4.90 Å². The topological polar surface area (TPSA) is 88.5 Å². The van der Waals surface area contributed by atoms with Crippen LogP contribution in [0.2, 0.25) is 0 Å². The summed E-state index contributed by atoms with van der Waals surface area (Å²) in [5, 5.41) is 18.6. The van der Waals surface area contributed by atoms with Crippen molar-refractivity contribution in [2.45, 2.75) is 51.0 Å². The zero-order valence-corrected chi connectivity index (χ0v) is 19.1. The minimum atomic E-state index is -0.980. The Hall–Kier alpha value is -2.77. The minimum absolute atomic E-state index is 0.00417. The number of carboxylic acid groups (broad SMARTS) is 1. The van der Waals surface area contributed by atoms with Crippen molar-refractivity contribution in [3.8, 4) is 17.2 Å². The number of phenolic OH excluding ortho intramolecular Hbond substituents is 1. The number of phenols is 1. The van der Waals surface area contributed by atoms with Gasteiger partial charge in [0, 0.05) is 37.2 Å². The van der Waals surface area contributed by atoms with Crippen LogP contribution in [0.1, 0.15) is 43.9 Å². The highest BCUT2D eigenvalue weighted by molar-refractivity contribution is 5.68. The summed E-state index contributed by atoms with van der Waals surface area (Å²) < 4.78 is 18.2. The molecule has 0 radical (unpaired) electrons. The second-order valence-corrected chi connectivity index (χ2v) is 9.98. The molecule has 2 fully saturated rings. The number of aliphatic carboxylic acids is 1. The molecule has 0 unspecified atom stereocenters. The maximum Gasteiger partial charge on any atom is 0.341 e. The summed E-state index contributed by atoms with van der Waals surface area (Å²) in [5.74, 6) is 1.23. The summed E-state index contributed by atoms with van der Waals surface area (Å²) in [6, 6.07) is 13.0. The number of hydrogen-bond donors (Lipinski definition) is 2. The van der Waals surface area contributed by atoms with Gasteiger partial charge in [0.1, 0.15) is 22.8 Å². The molecule has 0 bridgehead atoms. The van der Waals surface area contributed by atoms with E-state index in [1.54, 1.807) is 12.1 Å². The van der Waals surface area contributed by atoms with Gasteiger partial charge >= 0.3 is 5.97 Å². The summed E-state index contributed by atoms with van der Waals surface area (Å²) in [7, 11) is 0. The zero-order chi connectivity index (χ0) is 23.2. The number of carboxylic acids is 1. The molecule has 7 heteroatoms. The van der Waals surface area contributed by atoms with E-state index in [4.69, 9.17) is 19.3 Å². The van der Waals surface area contributed by atoms with E-state index >= 15 is 0 Å². The first kappa shape index (κ1) is 22.0. The van der Waals surface area contributed by atoms with Gasteiger partial charge in [-0.05, 0) is 62.4 Å². The molecular weight excluding hydrogens is 422 g/mol. The fourth-order valence-electron chi connectivity index (χ4n) is 5.61. The Kier molecular flexibility index (Phi) is 5.70. The largest absolute Gasteiger partial charge is 0.508 e. The van der Waals surface area contributed by atoms with Crippen LogP contribution >= 0.6 is 0 Å². The van der Waals surface area contributed by atoms with Crippen LogP contribution in [0.5, 0.6) is 17.2 Å². The molecule has 4 atom stereocenters. The lowest BCUT2D eigenvalue weighted by atomic mass is 9.70. The van der Waals surface area contributed by atoms with Crippen molar-refractivity contribution in [2.75, 3.05) is 19.7 Å². The average molecular weight is 454 g/mol. The van der Waals surface area contributed by atoms with Gasteiger partial charge in [0.05, 0.1) is 12.2 Å². The van der Waals surface area contributed by atoms with Crippen LogP contribution in [-0.4, -0.2) is 52.5 Å². The molecule has 5 rings (SSSR count). The lowest BCUT2D eigenvalue weighted by Crippen LogP contribution is -2.55. The molecule has 0 spiro atoms. The number of fused-ring (bicyclic) bond motifs is 4. The molecule has 3 heterocycles. The second kappa shape index (κ2) is 8.54. The maximum atomic E-state index is 10.7. The molecule has 33 heavy (non-hydrogen) atoms. The van der Waals surface area contributed by atoms with Crippen LogP contribution < -0.4 is 9.47 Å². The summed E-state index contributed by atoms with van der Waals surface area (Å²) in [4.78, 5) is 13.1. The first-order chi connectivity index (χ1) is 15.8. The lowest BCUT2D eigenvalue weighted by molar-refractivity contribution is -0.187. The van der Waals surface area contributed by atoms with Gasteiger partial charge in [-0.25, -0.2) is 4.79 Å². The molecule has 3 aliphatic rings. The van der Waals surface area contributed by atoms with Gasteiger partial charge in [0.25, 0.3) is 0 Å². The quantitative estimate of drug-likeness (QED) is 0.708. The van der Waals surface area contributed by atoms with E-state index in [9.17, 15) is 9.90 Å². The monoisotopic (exact) mass is 453 g/mol. The van der Waals surface area contributed by atoms with Crippen LogP contribution in [0.15, 0.2) is 42.5 Å². The minimum Gasteiger partial charge on any atom is -0.508 e. The first-order valence-corrected chi connectivity index (χ1v) is 11.6. The van der Waals surface area contributed by atoms with Crippen molar-refractivity contribution in [3.63, 3.8) is 0 Å². The molecule has 0 amide bonds. The number of carbonyl (C=O) groups is 1. The molecule has 3 aliphatic heterocycles. The van der Waals surface area contributed by atoms with Crippen LogP contribution in [0.4, 0.5) is 0 Å². The Bertz CT molecular complexity index is 1020. The predicted molar refractivity (Wildman–Crippen MR) is 121 cm³/mol. The summed E-state index contributed by atoms with van der Waals surface area (Å²) >= 11 is 0. The third kappa shape index (κ3) is 4.52. The third-order valence-corrected chi connectivity index (χ3v) is 7.25. The summed E-state index contributed by atoms with van der Waals surface area (Å²) in [5.41, 5.74) is 1.86. The Morgan fingerprint density at radius 2 is 2.00 bits per heavy atom. The van der Waals surface area contributed by atoms with Gasteiger partial charge in [-0.15, -0.1) is 0 Å². The van der Waals surface area contributed by atoms with Gasteiger partial charge in [-0.2, -0.15) is 0 Å². The number of aromatic hydroxyl groups is 1. The highest BCUT2D eigenvalue weighted by Gasteiger charge is 2.51. The van der Waals surface area contributed by atoms with Crippen LogP contribution in [0, 0.1) is 11.8 Å². The van der Waals surface area contributed by atoms with Crippen molar-refractivity contribution >= 4 is 5.97 Å². The maximum absolute atomic E-state index is 10.7. The molecule has 7 nitrogen and oxygen atoms in total. The van der Waals surface area contributed by atoms with Gasteiger partial charge in [-0.1, -0.05) is 12.1 Å². The van der Waals surface area contributed by atoms with Crippen molar-refractivity contribution < 1.29 is 29.2 Å². The van der Waals surface area contributed by atoms with Crippen LogP contribution in [-0.2, 0) is 16.1 Å². The summed E-state index contributed by atoms with van der Waals surface area (Å²) in [6.07, 6.45) is 2.25. The second-order valence-electron chi connectivity index (χ2n) is 9.98. The van der Waals surface area contributed by atoms with E-state index in [1.165, 1.54) is 5.56 Å². The predicted octanol–water partition coefficient (Wildman–Crippen LogP) is 3.99. The van der Waals surface area contributed by atoms with Crippen LogP contribution in [0.25, 0.3) is 0 Å². The average Bonchev–Trinajstić information content (AvgIpc) is 2.77. The molecule has 2 saturated heterocycles. The molecule has 0 aromatic heterocycles. The zero-order valence-electron chi connectivity index (χ0n) is 19.1. The fraction of sp³-hybridized carbons (Fsp3) is 0.500. The number of nitrogens with zero attached hydrogens (tertiary/aromatic N) is 1. The number of rotatable bonds is 5. The van der Waals surface area contributed by atoms with E-state index in [-0.39, 0.29) is 36.1 Å². The van der Waals surface area contributed by atoms with E-state index in [0.29, 0.717) is 11.7 Å². The third-order valence-electron chi connectivity index (χ3n) is 7.25. The number of likely N-dealkylation sites (tertiary alicyclic amines) is 1. The van der Waals surface area contributed by atoms with Crippen LogP contribution in [0.3, 0.4) is 0 Å². The SMILES string of the molecule is CC1(C)Oc2cc(O)ccc2[C@H]2O[C@H]3CCN(Cc4ccc(OCC(=O)O)cc4)C[C@@H]3C[C@@H]21. The molecule has 2 aromatic rings. The van der Waals surface area contributed by atoms with E-state index in [1.807, 2.05) is 30.3 Å². The number of ether oxygens (including phenoxy) is 3. The molecule has 0 aliphatic carbocycles. The number of hydrogen-bond acceptors (Lipinski definition) is 6. The van der Waals surface area contributed by atoms with E-state index in [0.717, 1.165) is 43.8 Å². The van der Waals surface area contributed by atoms with Crippen molar-refractivity contribution in [1.82, 2.24) is 4.90 Å². The summed E-state index contributed by atoms with van der Waals surface area (Å²) in [6.45, 7) is 6.70. The molecular formula is C26H31NO6. The van der Waals surface area contributed by atoms with Gasteiger partial charge < -0.3 is 24.4 Å². The number of benzene rings is 2. The van der Waals surface area contributed by atoms with Gasteiger partial charge in [0.15, 0.2) is 6.61 Å². The Labute approximate surface area is 193 Å². The number of piperidine rings is 1. The molecule has 2 aromatic carbocycles. The first-order valence-electron chi connectivity index (χ1n) is 11.6. The highest BCUT2D eigenvalue weighted by atomic mass is 16.5. The molecule has 176 valence electrons. The molecule has 2 N–H and O–H groups in total. The highest BCUT2D eigenvalue weighted by Crippen LogP contribution is 2.53. The smallest absolute Gasteiger partial charge is 0.341 e. The Morgan fingerprint density at radius 3 is 2.76 bits per heavy atom. The fourth-order valence-corrected chi connectivity index (χ4v) is 5.61. The Balaban J connectivity index is 1.25. The van der Waals surface area contributed by atoms with Crippen molar-refractivity contribution in [2.24, 2.45) is 11.8 Å². The Morgan fingerprint density at radius 1 is 1.21 bits per heavy atom. The lowest BCUT2D eigenvalue weighted by Gasteiger charge is -2.53. The van der Waals surface area contributed by atoms with Crippen molar-refractivity contribution in [3.05, 3.63) is 53.6 Å². The normalized spacial score (nSPS) is 28.1. The van der Waals surface area contributed by atoms with Gasteiger partial charge in [0.2, 0.25) is 0 Å². The standard InChI is InChI=1S/C26H31NO6/c1-26(2)21-11-17-14-27(13-16-3-6-19(7-4-16)31-15-24(29)30)10-9-22(17)32-25(21)20-8-5-18(28)12-23(20)33-26/h3-8,12,17,21-22,25,28H,9-11,13-15H2,1-2H3,(H,29,30)/t17-,21-,22-,25+/m0/s1.